The Labute approximate surface area is 120 Å². The minimum Gasteiger partial charge on any atom is -0.456 e. The zero-order valence-electron chi connectivity index (χ0n) is 10.3. The van der Waals surface area contributed by atoms with E-state index in [0.717, 1.165) is 10.6 Å². The Morgan fingerprint density at radius 3 is 2.74 bits per heavy atom. The summed E-state index contributed by atoms with van der Waals surface area (Å²) in [5.74, 6) is -0.446. The van der Waals surface area contributed by atoms with E-state index in [4.69, 9.17) is 22.1 Å². The summed E-state index contributed by atoms with van der Waals surface area (Å²) in [5, 5.41) is 3.03. The summed E-state index contributed by atoms with van der Waals surface area (Å²) in [4.78, 5) is 15.9. The van der Waals surface area contributed by atoms with Crippen LogP contribution in [0.3, 0.4) is 0 Å². The predicted molar refractivity (Wildman–Crippen MR) is 75.3 cm³/mol. The number of hydrogen-bond acceptors (Lipinski definition) is 5. The number of carbonyl (C=O) groups is 1. The standard InChI is InChI=1S/C13H13ClN2O2S/c1-8(15)12-16-11(7-19-12)13(17)18-6-9-2-4-10(14)5-3-9/h2-5,7-8H,6,15H2,1H3. The molecule has 0 aliphatic carbocycles. The van der Waals surface area contributed by atoms with E-state index < -0.39 is 5.97 Å². The number of rotatable bonds is 4. The van der Waals surface area contributed by atoms with Gasteiger partial charge in [0.1, 0.15) is 11.6 Å². The van der Waals surface area contributed by atoms with Crippen molar-refractivity contribution in [1.82, 2.24) is 4.98 Å². The Morgan fingerprint density at radius 1 is 1.47 bits per heavy atom. The van der Waals surface area contributed by atoms with Gasteiger partial charge in [0.05, 0.1) is 6.04 Å². The number of nitrogens with two attached hydrogens (primary N) is 1. The second kappa shape index (κ2) is 6.14. The molecule has 0 fully saturated rings. The summed E-state index contributed by atoms with van der Waals surface area (Å²) in [6.07, 6.45) is 0. The summed E-state index contributed by atoms with van der Waals surface area (Å²) in [6, 6.07) is 6.94. The van der Waals surface area contributed by atoms with Crippen LogP contribution in [0.5, 0.6) is 0 Å². The topological polar surface area (TPSA) is 65.2 Å². The van der Waals surface area contributed by atoms with E-state index in [1.54, 1.807) is 17.5 Å². The largest absolute Gasteiger partial charge is 0.456 e. The fourth-order valence-electron chi connectivity index (χ4n) is 1.39. The number of carbonyl (C=O) groups excluding carboxylic acids is 1. The van der Waals surface area contributed by atoms with Crippen molar-refractivity contribution in [3.63, 3.8) is 0 Å². The second-order valence-electron chi connectivity index (χ2n) is 4.06. The van der Waals surface area contributed by atoms with Crippen molar-refractivity contribution >= 4 is 28.9 Å². The van der Waals surface area contributed by atoms with Gasteiger partial charge >= 0.3 is 5.97 Å². The van der Waals surface area contributed by atoms with Gasteiger partial charge in [-0.2, -0.15) is 0 Å². The summed E-state index contributed by atoms with van der Waals surface area (Å²) < 4.78 is 5.17. The molecule has 1 unspecified atom stereocenters. The van der Waals surface area contributed by atoms with Crippen molar-refractivity contribution < 1.29 is 9.53 Å². The Balaban J connectivity index is 1.95. The summed E-state index contributed by atoms with van der Waals surface area (Å²) in [6.45, 7) is 2.02. The minimum absolute atomic E-state index is 0.178. The van der Waals surface area contributed by atoms with E-state index in [2.05, 4.69) is 4.98 Å². The molecule has 100 valence electrons. The van der Waals surface area contributed by atoms with Gasteiger partial charge in [-0.15, -0.1) is 11.3 Å². The molecule has 6 heteroatoms. The number of halogens is 1. The van der Waals surface area contributed by atoms with Gasteiger partial charge in [0.25, 0.3) is 0 Å². The first-order chi connectivity index (χ1) is 9.06. The molecule has 0 bridgehead atoms. The zero-order valence-corrected chi connectivity index (χ0v) is 11.9. The van der Waals surface area contributed by atoms with Gasteiger partial charge in [-0.1, -0.05) is 23.7 Å². The SMILES string of the molecule is CC(N)c1nc(C(=O)OCc2ccc(Cl)cc2)cs1. The normalized spacial score (nSPS) is 12.2. The molecule has 2 rings (SSSR count). The molecule has 1 heterocycles. The molecule has 2 aromatic rings. The van der Waals surface area contributed by atoms with Crippen LogP contribution in [0.4, 0.5) is 0 Å². The number of hydrogen-bond donors (Lipinski definition) is 1. The minimum atomic E-state index is -0.446. The maximum Gasteiger partial charge on any atom is 0.358 e. The molecule has 19 heavy (non-hydrogen) atoms. The summed E-state index contributed by atoms with van der Waals surface area (Å²) in [7, 11) is 0. The number of benzene rings is 1. The molecular weight excluding hydrogens is 284 g/mol. The van der Waals surface area contributed by atoms with Gasteiger partial charge < -0.3 is 10.5 Å². The van der Waals surface area contributed by atoms with E-state index in [-0.39, 0.29) is 12.6 Å². The highest BCUT2D eigenvalue weighted by atomic mass is 35.5. The van der Waals surface area contributed by atoms with E-state index in [9.17, 15) is 4.79 Å². The van der Waals surface area contributed by atoms with Gasteiger partial charge in [0.2, 0.25) is 0 Å². The van der Waals surface area contributed by atoms with Crippen LogP contribution in [0.25, 0.3) is 0 Å². The molecule has 2 N–H and O–H groups in total. The third-order valence-electron chi connectivity index (χ3n) is 2.40. The van der Waals surface area contributed by atoms with E-state index in [1.165, 1.54) is 11.3 Å². The molecule has 0 aliphatic rings. The average molecular weight is 297 g/mol. The van der Waals surface area contributed by atoms with Crippen LogP contribution in [0, 0.1) is 0 Å². The van der Waals surface area contributed by atoms with E-state index >= 15 is 0 Å². The third kappa shape index (κ3) is 3.76. The molecule has 0 radical (unpaired) electrons. The molecule has 1 aromatic heterocycles. The van der Waals surface area contributed by atoms with Crippen LogP contribution in [-0.2, 0) is 11.3 Å². The highest BCUT2D eigenvalue weighted by molar-refractivity contribution is 7.09. The number of nitrogens with zero attached hydrogens (tertiary/aromatic N) is 1. The molecule has 0 aliphatic heterocycles. The van der Waals surface area contributed by atoms with Gasteiger partial charge in [-0.25, -0.2) is 9.78 Å². The van der Waals surface area contributed by atoms with Gasteiger partial charge in [-0.3, -0.25) is 0 Å². The van der Waals surface area contributed by atoms with Crippen molar-refractivity contribution in [2.75, 3.05) is 0 Å². The molecule has 4 nitrogen and oxygen atoms in total. The first-order valence-electron chi connectivity index (χ1n) is 5.69. The van der Waals surface area contributed by atoms with Gasteiger partial charge in [0.15, 0.2) is 5.69 Å². The summed E-state index contributed by atoms with van der Waals surface area (Å²) in [5.41, 5.74) is 6.86. The average Bonchev–Trinajstić information content (AvgIpc) is 2.87. The molecule has 0 amide bonds. The van der Waals surface area contributed by atoms with Crippen molar-refractivity contribution in [3.8, 4) is 0 Å². The third-order valence-corrected chi connectivity index (χ3v) is 3.70. The molecule has 1 aromatic carbocycles. The highest BCUT2D eigenvalue weighted by Gasteiger charge is 2.14. The van der Waals surface area contributed by atoms with Crippen molar-refractivity contribution in [2.24, 2.45) is 5.73 Å². The summed E-state index contributed by atoms with van der Waals surface area (Å²) >= 11 is 7.13. The Hall–Kier alpha value is -1.43. The van der Waals surface area contributed by atoms with Crippen LogP contribution < -0.4 is 5.73 Å². The van der Waals surface area contributed by atoms with Gasteiger partial charge in [0, 0.05) is 10.4 Å². The van der Waals surface area contributed by atoms with Crippen LogP contribution in [0.1, 0.15) is 34.0 Å². The lowest BCUT2D eigenvalue weighted by molar-refractivity contribution is 0.0466. The lowest BCUT2D eigenvalue weighted by Crippen LogP contribution is -2.08. The van der Waals surface area contributed by atoms with Crippen molar-refractivity contribution in [2.45, 2.75) is 19.6 Å². The molecule has 0 spiro atoms. The Morgan fingerprint density at radius 2 is 2.16 bits per heavy atom. The Kier molecular flexibility index (Phi) is 4.52. The number of thiazole rings is 1. The zero-order chi connectivity index (χ0) is 13.8. The number of ether oxygens (including phenoxy) is 1. The lowest BCUT2D eigenvalue weighted by atomic mass is 10.2. The van der Waals surface area contributed by atoms with Gasteiger partial charge in [-0.05, 0) is 24.6 Å². The van der Waals surface area contributed by atoms with Crippen molar-refractivity contribution in [1.29, 1.82) is 0 Å². The fourth-order valence-corrected chi connectivity index (χ4v) is 2.27. The van der Waals surface area contributed by atoms with Crippen LogP contribution in [0.2, 0.25) is 5.02 Å². The second-order valence-corrected chi connectivity index (χ2v) is 5.39. The Bertz CT molecular complexity index is 566. The molecule has 0 saturated heterocycles. The smallest absolute Gasteiger partial charge is 0.358 e. The van der Waals surface area contributed by atoms with E-state index in [1.807, 2.05) is 19.1 Å². The predicted octanol–water partition coefficient (Wildman–Crippen LogP) is 3.17. The molecule has 0 saturated carbocycles. The molecular formula is C13H13ClN2O2S. The highest BCUT2D eigenvalue weighted by Crippen LogP contribution is 2.17. The lowest BCUT2D eigenvalue weighted by Gasteiger charge is -2.03. The van der Waals surface area contributed by atoms with E-state index in [0.29, 0.717) is 10.7 Å². The quantitative estimate of drug-likeness (QED) is 0.880. The molecule has 1 atom stereocenters. The number of esters is 1. The number of aromatic nitrogens is 1. The first-order valence-corrected chi connectivity index (χ1v) is 6.94. The first kappa shape index (κ1) is 14.0. The van der Waals surface area contributed by atoms with Crippen LogP contribution >= 0.6 is 22.9 Å². The monoisotopic (exact) mass is 296 g/mol. The maximum absolute atomic E-state index is 11.8. The maximum atomic E-state index is 11.8. The van der Waals surface area contributed by atoms with Crippen molar-refractivity contribution in [3.05, 3.63) is 50.9 Å². The van der Waals surface area contributed by atoms with Crippen LogP contribution in [-0.4, -0.2) is 11.0 Å². The fraction of sp³-hybridized carbons (Fsp3) is 0.231. The van der Waals surface area contributed by atoms with Crippen LogP contribution in [0.15, 0.2) is 29.6 Å².